The zero-order valence-electron chi connectivity index (χ0n) is 10.5. The molecular weight excluding hydrogens is 216 g/mol. The molecule has 0 saturated carbocycles. The molecule has 2 N–H and O–H groups in total. The molecular formula is C12H20N4O. The van der Waals surface area contributed by atoms with Gasteiger partial charge in [0.1, 0.15) is 0 Å². The number of hydrogen-bond donors (Lipinski definition) is 1. The minimum absolute atomic E-state index is 0.00394. The quantitative estimate of drug-likeness (QED) is 0.785. The second kappa shape index (κ2) is 6.96. The molecule has 1 rings (SSSR count). The van der Waals surface area contributed by atoms with Crippen molar-refractivity contribution in [1.82, 2.24) is 14.9 Å². The van der Waals surface area contributed by atoms with Crippen LogP contribution in [0.4, 0.5) is 0 Å². The van der Waals surface area contributed by atoms with Crippen LogP contribution < -0.4 is 5.73 Å². The van der Waals surface area contributed by atoms with Crippen LogP contribution in [0.3, 0.4) is 0 Å². The minimum atomic E-state index is -0.383. The van der Waals surface area contributed by atoms with E-state index >= 15 is 0 Å². The molecule has 0 bridgehead atoms. The maximum atomic E-state index is 11.8. The van der Waals surface area contributed by atoms with E-state index in [9.17, 15) is 4.79 Å². The average molecular weight is 236 g/mol. The summed E-state index contributed by atoms with van der Waals surface area (Å²) in [6.07, 6.45) is 7.36. The van der Waals surface area contributed by atoms with Gasteiger partial charge in [0.25, 0.3) is 0 Å². The molecule has 0 aromatic carbocycles. The highest BCUT2D eigenvalue weighted by Crippen LogP contribution is 2.00. The summed E-state index contributed by atoms with van der Waals surface area (Å²) in [6, 6.07) is -0.383. The maximum Gasteiger partial charge on any atom is 0.239 e. The van der Waals surface area contributed by atoms with Gasteiger partial charge in [-0.3, -0.25) is 14.8 Å². The minimum Gasteiger partial charge on any atom is -0.344 e. The molecule has 1 unspecified atom stereocenters. The standard InChI is InChI=1S/C12H20N4O/c1-3-4-11(13)12(17)16(2)8-5-10-9-14-6-7-15-10/h6-7,9,11H,3-5,8,13H2,1-2H3. The second-order valence-electron chi connectivity index (χ2n) is 4.10. The van der Waals surface area contributed by atoms with Crippen molar-refractivity contribution in [3.05, 3.63) is 24.3 Å². The van der Waals surface area contributed by atoms with Crippen LogP contribution >= 0.6 is 0 Å². The van der Waals surface area contributed by atoms with Crippen LogP contribution in [0.1, 0.15) is 25.5 Å². The van der Waals surface area contributed by atoms with Gasteiger partial charge in [0.15, 0.2) is 0 Å². The van der Waals surface area contributed by atoms with Crippen molar-refractivity contribution in [1.29, 1.82) is 0 Å². The van der Waals surface area contributed by atoms with Gasteiger partial charge in [-0.05, 0) is 6.42 Å². The molecule has 0 aliphatic rings. The SMILES string of the molecule is CCCC(N)C(=O)N(C)CCc1cnccn1. The zero-order valence-corrected chi connectivity index (χ0v) is 10.5. The molecule has 0 aliphatic heterocycles. The van der Waals surface area contributed by atoms with Crippen molar-refractivity contribution in [2.24, 2.45) is 5.73 Å². The van der Waals surface area contributed by atoms with E-state index in [1.54, 1.807) is 30.5 Å². The van der Waals surface area contributed by atoms with Crippen molar-refractivity contribution in [2.75, 3.05) is 13.6 Å². The summed E-state index contributed by atoms with van der Waals surface area (Å²) in [5, 5.41) is 0. The number of nitrogens with zero attached hydrogens (tertiary/aromatic N) is 3. The molecule has 1 aromatic rings. The van der Waals surface area contributed by atoms with E-state index in [4.69, 9.17) is 5.73 Å². The molecule has 5 nitrogen and oxygen atoms in total. The topological polar surface area (TPSA) is 72.1 Å². The number of nitrogens with two attached hydrogens (primary N) is 1. The lowest BCUT2D eigenvalue weighted by atomic mass is 10.1. The van der Waals surface area contributed by atoms with Gasteiger partial charge in [-0.2, -0.15) is 0 Å². The lowest BCUT2D eigenvalue weighted by Crippen LogP contribution is -2.42. The fourth-order valence-electron chi connectivity index (χ4n) is 1.57. The summed E-state index contributed by atoms with van der Waals surface area (Å²) in [4.78, 5) is 21.6. The molecule has 1 atom stereocenters. The molecule has 1 aromatic heterocycles. The van der Waals surface area contributed by atoms with Gasteiger partial charge in [0, 0.05) is 38.6 Å². The van der Waals surface area contributed by atoms with Gasteiger partial charge < -0.3 is 10.6 Å². The highest BCUT2D eigenvalue weighted by Gasteiger charge is 2.16. The number of carbonyl (C=O) groups excluding carboxylic acids is 1. The molecule has 0 aliphatic carbocycles. The first kappa shape index (κ1) is 13.6. The third-order valence-corrected chi connectivity index (χ3v) is 2.61. The largest absolute Gasteiger partial charge is 0.344 e. The number of rotatable bonds is 6. The van der Waals surface area contributed by atoms with Gasteiger partial charge in [-0.25, -0.2) is 0 Å². The molecule has 0 saturated heterocycles. The van der Waals surface area contributed by atoms with Crippen LogP contribution in [-0.2, 0) is 11.2 Å². The summed E-state index contributed by atoms with van der Waals surface area (Å²) in [6.45, 7) is 2.64. The van der Waals surface area contributed by atoms with Crippen molar-refractivity contribution in [3.63, 3.8) is 0 Å². The van der Waals surface area contributed by atoms with Crippen molar-refractivity contribution < 1.29 is 4.79 Å². The molecule has 0 radical (unpaired) electrons. The maximum absolute atomic E-state index is 11.8. The van der Waals surface area contributed by atoms with E-state index in [2.05, 4.69) is 9.97 Å². The highest BCUT2D eigenvalue weighted by atomic mass is 16.2. The molecule has 1 heterocycles. The van der Waals surface area contributed by atoms with Gasteiger partial charge in [0.2, 0.25) is 5.91 Å². The van der Waals surface area contributed by atoms with Gasteiger partial charge in [-0.1, -0.05) is 13.3 Å². The number of carbonyl (C=O) groups is 1. The first-order valence-corrected chi connectivity index (χ1v) is 5.90. The fraction of sp³-hybridized carbons (Fsp3) is 0.583. The Morgan fingerprint density at radius 3 is 2.88 bits per heavy atom. The Bertz CT molecular complexity index is 342. The van der Waals surface area contributed by atoms with Crippen LogP contribution in [0, 0.1) is 0 Å². The Balaban J connectivity index is 2.39. The number of amides is 1. The van der Waals surface area contributed by atoms with Gasteiger partial charge in [0.05, 0.1) is 11.7 Å². The van der Waals surface area contributed by atoms with Crippen molar-refractivity contribution >= 4 is 5.91 Å². The Hall–Kier alpha value is -1.49. The van der Waals surface area contributed by atoms with Crippen LogP contribution in [0.25, 0.3) is 0 Å². The number of hydrogen-bond acceptors (Lipinski definition) is 4. The lowest BCUT2D eigenvalue weighted by molar-refractivity contribution is -0.131. The summed E-state index contributed by atoms with van der Waals surface area (Å²) >= 11 is 0. The van der Waals surface area contributed by atoms with E-state index in [1.807, 2.05) is 6.92 Å². The van der Waals surface area contributed by atoms with E-state index in [-0.39, 0.29) is 11.9 Å². The zero-order chi connectivity index (χ0) is 12.7. The molecule has 0 spiro atoms. The first-order chi connectivity index (χ1) is 8.15. The van der Waals surface area contributed by atoms with Crippen LogP contribution in [0.5, 0.6) is 0 Å². The van der Waals surface area contributed by atoms with Crippen LogP contribution in [0.15, 0.2) is 18.6 Å². The Kier molecular flexibility index (Phi) is 5.56. The van der Waals surface area contributed by atoms with Crippen molar-refractivity contribution in [2.45, 2.75) is 32.2 Å². The Morgan fingerprint density at radius 2 is 2.29 bits per heavy atom. The molecule has 0 fully saturated rings. The average Bonchev–Trinajstić information content (AvgIpc) is 2.36. The lowest BCUT2D eigenvalue weighted by Gasteiger charge is -2.20. The van der Waals surface area contributed by atoms with Crippen LogP contribution in [0.2, 0.25) is 0 Å². The molecule has 5 heteroatoms. The first-order valence-electron chi connectivity index (χ1n) is 5.90. The third-order valence-electron chi connectivity index (χ3n) is 2.61. The normalized spacial score (nSPS) is 12.2. The van der Waals surface area contributed by atoms with Crippen molar-refractivity contribution in [3.8, 4) is 0 Å². The number of likely N-dealkylation sites (N-methyl/N-ethyl adjacent to an activating group) is 1. The Morgan fingerprint density at radius 1 is 1.53 bits per heavy atom. The summed E-state index contributed by atoms with van der Waals surface area (Å²) < 4.78 is 0. The van der Waals surface area contributed by atoms with Gasteiger partial charge >= 0.3 is 0 Å². The second-order valence-corrected chi connectivity index (χ2v) is 4.10. The van der Waals surface area contributed by atoms with E-state index in [0.29, 0.717) is 13.0 Å². The Labute approximate surface area is 102 Å². The summed E-state index contributed by atoms with van der Waals surface area (Å²) in [5.41, 5.74) is 6.66. The molecule has 17 heavy (non-hydrogen) atoms. The number of aromatic nitrogens is 2. The molecule has 94 valence electrons. The fourth-order valence-corrected chi connectivity index (χ4v) is 1.57. The summed E-state index contributed by atoms with van der Waals surface area (Å²) in [7, 11) is 1.77. The van der Waals surface area contributed by atoms with E-state index in [0.717, 1.165) is 18.5 Å². The molecule has 1 amide bonds. The third kappa shape index (κ3) is 4.48. The predicted molar refractivity (Wildman–Crippen MR) is 66.3 cm³/mol. The summed E-state index contributed by atoms with van der Waals surface area (Å²) in [5.74, 6) is -0.00394. The van der Waals surface area contributed by atoms with E-state index in [1.165, 1.54) is 0 Å². The predicted octanol–water partition coefficient (Wildman–Crippen LogP) is 0.605. The van der Waals surface area contributed by atoms with E-state index < -0.39 is 0 Å². The monoisotopic (exact) mass is 236 g/mol. The smallest absolute Gasteiger partial charge is 0.239 e. The van der Waals surface area contributed by atoms with Crippen LogP contribution in [-0.4, -0.2) is 40.4 Å². The van der Waals surface area contributed by atoms with Gasteiger partial charge in [-0.15, -0.1) is 0 Å². The highest BCUT2D eigenvalue weighted by molar-refractivity contribution is 5.81.